The van der Waals surface area contributed by atoms with E-state index < -0.39 is 23.1 Å². The van der Waals surface area contributed by atoms with E-state index in [1.807, 2.05) is 0 Å². The molecular formula is C13H11F2N3O2. The van der Waals surface area contributed by atoms with Crippen molar-refractivity contribution in [2.24, 2.45) is 0 Å². The van der Waals surface area contributed by atoms with Crippen LogP contribution >= 0.6 is 0 Å². The maximum absolute atomic E-state index is 13.3. The molecule has 0 bridgehead atoms. The fourth-order valence-corrected chi connectivity index (χ4v) is 1.63. The minimum atomic E-state index is -0.933. The van der Waals surface area contributed by atoms with Gasteiger partial charge in [0.15, 0.2) is 0 Å². The van der Waals surface area contributed by atoms with Crippen molar-refractivity contribution in [3.05, 3.63) is 64.1 Å². The quantitative estimate of drug-likeness (QED) is 0.906. The molecular weight excluding hydrogens is 268 g/mol. The van der Waals surface area contributed by atoms with Gasteiger partial charge in [0.25, 0.3) is 11.5 Å². The summed E-state index contributed by atoms with van der Waals surface area (Å²) in [5, 5.41) is 6.13. The Balaban J connectivity index is 2.00. The number of benzene rings is 1. The van der Waals surface area contributed by atoms with Crippen LogP contribution in [0.25, 0.3) is 0 Å². The molecule has 20 heavy (non-hydrogen) atoms. The highest BCUT2D eigenvalue weighted by atomic mass is 19.1. The van der Waals surface area contributed by atoms with E-state index in [4.69, 9.17) is 0 Å². The summed E-state index contributed by atoms with van der Waals surface area (Å²) in [7, 11) is 0. The van der Waals surface area contributed by atoms with Crippen molar-refractivity contribution < 1.29 is 13.6 Å². The lowest BCUT2D eigenvalue weighted by atomic mass is 10.2. The van der Waals surface area contributed by atoms with E-state index in [0.717, 1.165) is 16.8 Å². The van der Waals surface area contributed by atoms with Gasteiger partial charge in [0.05, 0.1) is 6.54 Å². The van der Waals surface area contributed by atoms with E-state index in [1.54, 1.807) is 0 Å². The number of carbonyl (C=O) groups excluding carboxylic acids is 1. The van der Waals surface area contributed by atoms with Gasteiger partial charge in [-0.2, -0.15) is 5.10 Å². The standard InChI is InChI=1S/C13H11F2N3O2/c14-9-3-1-4-10(15)12(9)13(20)16-7-8-18-11(19)5-2-6-17-18/h1-6H,7-8H2,(H,16,20). The first-order valence-electron chi connectivity index (χ1n) is 5.84. The van der Waals surface area contributed by atoms with Gasteiger partial charge < -0.3 is 5.32 Å². The second-order valence-corrected chi connectivity index (χ2v) is 3.94. The first-order valence-corrected chi connectivity index (χ1v) is 5.84. The van der Waals surface area contributed by atoms with E-state index in [2.05, 4.69) is 10.4 Å². The van der Waals surface area contributed by atoms with Crippen molar-refractivity contribution >= 4 is 5.91 Å². The van der Waals surface area contributed by atoms with Crippen molar-refractivity contribution in [3.63, 3.8) is 0 Å². The number of halogens is 2. The van der Waals surface area contributed by atoms with E-state index >= 15 is 0 Å². The van der Waals surface area contributed by atoms with Gasteiger partial charge in [-0.25, -0.2) is 13.5 Å². The largest absolute Gasteiger partial charge is 0.350 e. The monoisotopic (exact) mass is 279 g/mol. The predicted molar refractivity (Wildman–Crippen MR) is 67.2 cm³/mol. The lowest BCUT2D eigenvalue weighted by Crippen LogP contribution is -2.32. The molecule has 1 aromatic carbocycles. The normalized spacial score (nSPS) is 10.3. The van der Waals surface area contributed by atoms with E-state index in [0.29, 0.717) is 0 Å². The molecule has 1 N–H and O–H groups in total. The van der Waals surface area contributed by atoms with Gasteiger partial charge in [-0.05, 0) is 18.2 Å². The number of carbonyl (C=O) groups is 1. The smallest absolute Gasteiger partial charge is 0.266 e. The molecule has 0 spiro atoms. The average Bonchev–Trinajstić information content (AvgIpc) is 2.41. The average molecular weight is 279 g/mol. The molecule has 0 fully saturated rings. The maximum atomic E-state index is 13.3. The topological polar surface area (TPSA) is 64.0 Å². The van der Waals surface area contributed by atoms with Gasteiger partial charge >= 0.3 is 0 Å². The predicted octanol–water partition coefficient (Wildman–Crippen LogP) is 0.951. The Morgan fingerprint density at radius 1 is 1.20 bits per heavy atom. The van der Waals surface area contributed by atoms with Gasteiger partial charge in [0.1, 0.15) is 17.2 Å². The molecule has 2 rings (SSSR count). The molecule has 1 amide bonds. The highest BCUT2D eigenvalue weighted by molar-refractivity contribution is 5.94. The fourth-order valence-electron chi connectivity index (χ4n) is 1.63. The summed E-state index contributed by atoms with van der Waals surface area (Å²) in [6.45, 7) is 0.144. The summed E-state index contributed by atoms with van der Waals surface area (Å²) in [6, 6.07) is 5.99. The highest BCUT2D eigenvalue weighted by Gasteiger charge is 2.16. The van der Waals surface area contributed by atoms with Gasteiger partial charge in [0.2, 0.25) is 0 Å². The van der Waals surface area contributed by atoms with Crippen LogP contribution in [0.1, 0.15) is 10.4 Å². The van der Waals surface area contributed by atoms with E-state index in [9.17, 15) is 18.4 Å². The number of amides is 1. The van der Waals surface area contributed by atoms with Crippen LogP contribution in [0.3, 0.4) is 0 Å². The Labute approximate surface area is 112 Å². The summed E-state index contributed by atoms with van der Waals surface area (Å²) >= 11 is 0. The Bertz CT molecular complexity index is 665. The number of aromatic nitrogens is 2. The van der Waals surface area contributed by atoms with Gasteiger partial charge in [-0.3, -0.25) is 9.59 Å². The first kappa shape index (κ1) is 13.9. The maximum Gasteiger partial charge on any atom is 0.266 e. The van der Waals surface area contributed by atoms with Crippen molar-refractivity contribution in [2.75, 3.05) is 6.54 Å². The molecule has 0 saturated carbocycles. The number of hydrogen-bond acceptors (Lipinski definition) is 3. The second kappa shape index (κ2) is 6.05. The van der Waals surface area contributed by atoms with Gasteiger partial charge in [-0.15, -0.1) is 0 Å². The van der Waals surface area contributed by atoms with Crippen LogP contribution in [0.4, 0.5) is 8.78 Å². The van der Waals surface area contributed by atoms with Crippen LogP contribution in [-0.2, 0) is 6.54 Å². The molecule has 0 saturated heterocycles. The summed E-state index contributed by atoms with van der Waals surface area (Å²) < 4.78 is 27.8. The zero-order chi connectivity index (χ0) is 14.5. The Hall–Kier alpha value is -2.57. The number of hydrogen-bond donors (Lipinski definition) is 1. The molecule has 0 aliphatic heterocycles. The Morgan fingerprint density at radius 2 is 1.90 bits per heavy atom. The van der Waals surface area contributed by atoms with Crippen molar-refractivity contribution in [1.29, 1.82) is 0 Å². The first-order chi connectivity index (χ1) is 9.59. The summed E-state index contributed by atoms with van der Waals surface area (Å²) in [4.78, 5) is 23.0. The molecule has 104 valence electrons. The van der Waals surface area contributed by atoms with Gasteiger partial charge in [-0.1, -0.05) is 6.07 Å². The van der Waals surface area contributed by atoms with Crippen molar-refractivity contribution in [2.45, 2.75) is 6.54 Å². The third-order valence-corrected chi connectivity index (χ3v) is 2.58. The molecule has 5 nitrogen and oxygen atoms in total. The van der Waals surface area contributed by atoms with Crippen molar-refractivity contribution in [1.82, 2.24) is 15.1 Å². The van der Waals surface area contributed by atoms with Gasteiger partial charge in [0, 0.05) is 18.8 Å². The van der Waals surface area contributed by atoms with Crippen LogP contribution in [0, 0.1) is 11.6 Å². The minimum absolute atomic E-state index is 0.0313. The lowest BCUT2D eigenvalue weighted by Gasteiger charge is -2.07. The summed E-state index contributed by atoms with van der Waals surface area (Å²) in [5.74, 6) is -2.74. The third-order valence-electron chi connectivity index (χ3n) is 2.58. The summed E-state index contributed by atoms with van der Waals surface area (Å²) in [6.07, 6.45) is 1.43. The molecule has 7 heteroatoms. The lowest BCUT2D eigenvalue weighted by molar-refractivity contribution is 0.0943. The van der Waals surface area contributed by atoms with Crippen LogP contribution in [0.15, 0.2) is 41.3 Å². The second-order valence-electron chi connectivity index (χ2n) is 3.94. The molecule has 0 aliphatic rings. The third kappa shape index (κ3) is 3.05. The fraction of sp³-hybridized carbons (Fsp3) is 0.154. The molecule has 0 unspecified atom stereocenters. The molecule has 0 radical (unpaired) electrons. The van der Waals surface area contributed by atoms with E-state index in [-0.39, 0.29) is 18.6 Å². The highest BCUT2D eigenvalue weighted by Crippen LogP contribution is 2.11. The number of nitrogens with zero attached hydrogens (tertiary/aromatic N) is 2. The molecule has 1 heterocycles. The van der Waals surface area contributed by atoms with Crippen LogP contribution in [0.5, 0.6) is 0 Å². The zero-order valence-electron chi connectivity index (χ0n) is 10.3. The molecule has 0 aliphatic carbocycles. The number of rotatable bonds is 4. The minimum Gasteiger partial charge on any atom is -0.350 e. The van der Waals surface area contributed by atoms with Crippen LogP contribution in [0.2, 0.25) is 0 Å². The zero-order valence-corrected chi connectivity index (χ0v) is 10.3. The van der Waals surface area contributed by atoms with Crippen LogP contribution in [-0.4, -0.2) is 22.2 Å². The summed E-state index contributed by atoms with van der Waals surface area (Å²) in [5.41, 5.74) is -0.959. The molecule has 1 aromatic heterocycles. The number of nitrogens with one attached hydrogen (secondary N) is 1. The molecule has 2 aromatic rings. The van der Waals surface area contributed by atoms with Crippen molar-refractivity contribution in [3.8, 4) is 0 Å². The Morgan fingerprint density at radius 3 is 2.55 bits per heavy atom. The van der Waals surface area contributed by atoms with E-state index in [1.165, 1.54) is 24.4 Å². The SMILES string of the molecule is O=C(NCCn1ncccc1=O)c1c(F)cccc1F. The Kier molecular flexibility index (Phi) is 4.19. The van der Waals surface area contributed by atoms with Crippen LogP contribution < -0.4 is 10.9 Å². The molecule has 0 atom stereocenters.